The van der Waals surface area contributed by atoms with E-state index in [0.717, 1.165) is 9.87 Å². The van der Waals surface area contributed by atoms with E-state index in [2.05, 4.69) is 5.32 Å². The molecule has 34 heavy (non-hydrogen) atoms. The molecule has 0 aromatic heterocycles. The van der Waals surface area contributed by atoms with Gasteiger partial charge in [0.1, 0.15) is 16.7 Å². The predicted molar refractivity (Wildman–Crippen MR) is 118 cm³/mol. The van der Waals surface area contributed by atoms with Crippen LogP contribution in [0.2, 0.25) is 0 Å². The van der Waals surface area contributed by atoms with Crippen LogP contribution in [-0.2, 0) is 14.8 Å². The van der Waals surface area contributed by atoms with Gasteiger partial charge < -0.3 is 15.2 Å². The second kappa shape index (κ2) is 8.67. The molecule has 3 saturated carbocycles. The monoisotopic (exact) mass is 504 g/mol. The fraction of sp³-hybridized carbons (Fsp3) is 0.696. The highest BCUT2D eigenvalue weighted by molar-refractivity contribution is 7.89. The summed E-state index contributed by atoms with van der Waals surface area (Å²) in [7, 11) is -4.06. The van der Waals surface area contributed by atoms with E-state index in [1.54, 1.807) is 12.1 Å². The number of aliphatic carboxylic acids is 1. The molecule has 1 aromatic rings. The molecule has 4 fully saturated rings. The highest BCUT2D eigenvalue weighted by Crippen LogP contribution is 2.73. The number of sulfonamides is 1. The van der Waals surface area contributed by atoms with E-state index < -0.39 is 33.6 Å². The van der Waals surface area contributed by atoms with Crippen molar-refractivity contribution in [2.75, 3.05) is 13.1 Å². The average molecular weight is 505 g/mol. The molecule has 4 aliphatic rings. The van der Waals surface area contributed by atoms with Gasteiger partial charge in [0, 0.05) is 12.1 Å². The minimum atomic E-state index is -4.12. The number of halogens is 3. The molecule has 0 spiro atoms. The Kier molecular flexibility index (Phi) is 6.44. The van der Waals surface area contributed by atoms with Crippen molar-refractivity contribution in [1.82, 2.24) is 9.62 Å². The lowest BCUT2D eigenvalue weighted by Crippen LogP contribution is -2.78. The lowest BCUT2D eigenvalue weighted by molar-refractivity contribution is -0.339. The van der Waals surface area contributed by atoms with Gasteiger partial charge in [0.05, 0.1) is 11.5 Å². The summed E-state index contributed by atoms with van der Waals surface area (Å²) in [4.78, 5) is 11.5. The normalized spacial score (nSPS) is 29.9. The number of ether oxygens (including phenoxy) is 1. The molecule has 1 saturated heterocycles. The molecular weight excluding hydrogens is 473 g/mol. The van der Waals surface area contributed by atoms with Gasteiger partial charge in [-0.15, -0.1) is 0 Å². The van der Waals surface area contributed by atoms with Crippen molar-refractivity contribution in [3.05, 3.63) is 23.8 Å². The Morgan fingerprint density at radius 1 is 1.32 bits per heavy atom. The number of hydrogen-bond donors (Lipinski definition) is 2. The molecule has 0 radical (unpaired) electrons. The Morgan fingerprint density at radius 2 is 2.00 bits per heavy atom. The molecule has 1 unspecified atom stereocenters. The number of alkyl halides is 3. The lowest BCUT2D eigenvalue weighted by atomic mass is 9.39. The van der Waals surface area contributed by atoms with Gasteiger partial charge in [-0.3, -0.25) is 4.79 Å². The molecule has 2 atom stereocenters. The third-order valence-electron chi connectivity index (χ3n) is 7.42. The van der Waals surface area contributed by atoms with Crippen LogP contribution in [0.15, 0.2) is 23.1 Å². The Bertz CT molecular complexity index is 1040. The van der Waals surface area contributed by atoms with Gasteiger partial charge in [-0.05, 0) is 83.0 Å². The quantitative estimate of drug-likeness (QED) is 0.470. The molecule has 7 nitrogen and oxygen atoms in total. The smallest absolute Gasteiger partial charge is 0.394 e. The van der Waals surface area contributed by atoms with E-state index in [9.17, 15) is 31.5 Å². The number of carboxylic acids is 1. The molecule has 11 heteroatoms. The molecule has 190 valence electrons. The fourth-order valence-corrected chi connectivity index (χ4v) is 7.37. The first-order chi connectivity index (χ1) is 15.8. The first-order valence-electron chi connectivity index (χ1n) is 11.6. The van der Waals surface area contributed by atoms with Crippen LogP contribution >= 0.6 is 0 Å². The van der Waals surface area contributed by atoms with E-state index in [4.69, 9.17) is 4.74 Å². The summed E-state index contributed by atoms with van der Waals surface area (Å²) in [6.07, 6.45) is -2.01. The maximum absolute atomic E-state index is 13.3. The van der Waals surface area contributed by atoms with E-state index >= 15 is 0 Å². The van der Waals surface area contributed by atoms with Crippen molar-refractivity contribution in [3.63, 3.8) is 0 Å². The Labute approximate surface area is 197 Å². The first-order valence-corrected chi connectivity index (χ1v) is 13.1. The zero-order valence-corrected chi connectivity index (χ0v) is 20.1. The molecule has 2 bridgehead atoms. The zero-order valence-electron chi connectivity index (χ0n) is 19.3. The summed E-state index contributed by atoms with van der Waals surface area (Å²) in [5.74, 6) is -0.982. The Balaban J connectivity index is 1.33. The van der Waals surface area contributed by atoms with Crippen molar-refractivity contribution in [2.45, 2.75) is 87.5 Å². The second-order valence-corrected chi connectivity index (χ2v) is 12.0. The van der Waals surface area contributed by atoms with Crippen molar-refractivity contribution in [1.29, 1.82) is 0 Å². The average Bonchev–Trinajstić information content (AvgIpc) is 3.15. The number of nitrogens with one attached hydrogen (secondary N) is 1. The van der Waals surface area contributed by atoms with E-state index in [1.807, 2.05) is 13.8 Å². The number of rotatable bonds is 10. The van der Waals surface area contributed by atoms with Crippen LogP contribution in [0.4, 0.5) is 13.2 Å². The maximum atomic E-state index is 13.3. The van der Waals surface area contributed by atoms with Crippen molar-refractivity contribution >= 4 is 16.0 Å². The van der Waals surface area contributed by atoms with Crippen molar-refractivity contribution < 1.29 is 36.2 Å². The van der Waals surface area contributed by atoms with Gasteiger partial charge in [-0.2, -0.15) is 17.5 Å². The number of benzene rings is 1. The summed E-state index contributed by atoms with van der Waals surface area (Å²) in [6, 6.07) is 3.64. The number of carbonyl (C=O) groups is 1. The lowest BCUT2D eigenvalue weighted by Gasteiger charge is -2.70. The molecule has 2 N–H and O–H groups in total. The maximum Gasteiger partial charge on any atom is 0.394 e. The predicted octanol–water partition coefficient (Wildman–Crippen LogP) is 3.85. The van der Waals surface area contributed by atoms with E-state index in [1.165, 1.54) is 6.07 Å². The largest absolute Gasteiger partial charge is 0.489 e. The first kappa shape index (κ1) is 25.2. The number of nitrogens with zero attached hydrogens (tertiary/aromatic N) is 1. The molecule has 0 amide bonds. The zero-order chi connectivity index (χ0) is 24.9. The van der Waals surface area contributed by atoms with Gasteiger partial charge in [0.2, 0.25) is 10.0 Å². The van der Waals surface area contributed by atoms with Crippen molar-refractivity contribution in [3.8, 4) is 5.75 Å². The molecule has 5 rings (SSSR count). The van der Waals surface area contributed by atoms with Gasteiger partial charge in [-0.25, -0.2) is 8.42 Å². The summed E-state index contributed by atoms with van der Waals surface area (Å²) < 4.78 is 72.5. The van der Waals surface area contributed by atoms with Crippen molar-refractivity contribution in [2.24, 2.45) is 5.41 Å². The standard InChI is InChI=1S/C23H31F3N2O5S/c1-15-7-8-19(34(31,32)28-10-4-6-17(28)20(29)30)18(11-15)33-16(2)5-3-9-27-22-12-21(13-22,14-22)23(24,25)26/h7-8,11,16-17,27H,3-6,9-10,12-14H2,1-2H3,(H,29,30)/t16?,17-,21?,22?/m0/s1. The van der Waals surface area contributed by atoms with Crippen LogP contribution < -0.4 is 10.1 Å². The Morgan fingerprint density at radius 3 is 2.62 bits per heavy atom. The Hall–Kier alpha value is -1.85. The van der Waals surface area contributed by atoms with Crippen LogP contribution in [0.3, 0.4) is 0 Å². The van der Waals surface area contributed by atoms with E-state index in [-0.39, 0.29) is 54.5 Å². The van der Waals surface area contributed by atoms with E-state index in [0.29, 0.717) is 25.8 Å². The SMILES string of the molecule is Cc1ccc(S(=O)(=O)N2CCC[C@H]2C(=O)O)c(OC(C)CCCNC23CC(C(F)(F)F)(C2)C3)c1. The van der Waals surface area contributed by atoms with Crippen LogP contribution in [0, 0.1) is 12.3 Å². The number of aryl methyl sites for hydroxylation is 1. The third-order valence-corrected chi connectivity index (χ3v) is 9.37. The molecule has 1 heterocycles. The van der Waals surface area contributed by atoms with Gasteiger partial charge in [0.25, 0.3) is 0 Å². The highest BCUT2D eigenvalue weighted by Gasteiger charge is 2.78. The number of hydrogen-bond acceptors (Lipinski definition) is 5. The minimum Gasteiger partial charge on any atom is -0.489 e. The van der Waals surface area contributed by atoms with Crippen LogP contribution in [0.5, 0.6) is 5.75 Å². The molecule has 1 aliphatic heterocycles. The molecule has 3 aliphatic carbocycles. The summed E-state index contributed by atoms with van der Waals surface area (Å²) in [5, 5.41) is 12.7. The minimum absolute atomic E-state index is 0.0532. The number of carboxylic acid groups (broad SMARTS) is 1. The second-order valence-electron chi connectivity index (χ2n) is 10.1. The summed E-state index contributed by atoms with van der Waals surface area (Å²) in [6.45, 7) is 4.33. The summed E-state index contributed by atoms with van der Waals surface area (Å²) >= 11 is 0. The summed E-state index contributed by atoms with van der Waals surface area (Å²) in [5.41, 5.74) is -1.05. The van der Waals surface area contributed by atoms with Gasteiger partial charge in [-0.1, -0.05) is 6.07 Å². The van der Waals surface area contributed by atoms with Crippen LogP contribution in [0.25, 0.3) is 0 Å². The topological polar surface area (TPSA) is 95.9 Å². The van der Waals surface area contributed by atoms with Crippen LogP contribution in [0.1, 0.15) is 57.4 Å². The fourth-order valence-electron chi connectivity index (χ4n) is 5.62. The third kappa shape index (κ3) is 4.42. The molecule has 1 aromatic carbocycles. The van der Waals surface area contributed by atoms with Gasteiger partial charge >= 0.3 is 12.1 Å². The van der Waals surface area contributed by atoms with Gasteiger partial charge in [0.15, 0.2) is 0 Å². The molecular formula is C23H31F3N2O5S. The van der Waals surface area contributed by atoms with Crippen LogP contribution in [-0.4, -0.2) is 60.7 Å². The highest BCUT2D eigenvalue weighted by atomic mass is 32.2.